The van der Waals surface area contributed by atoms with Crippen LogP contribution in [-0.4, -0.2) is 24.2 Å². The molecule has 1 aliphatic carbocycles. The summed E-state index contributed by atoms with van der Waals surface area (Å²) < 4.78 is 28.8. The van der Waals surface area contributed by atoms with Gasteiger partial charge in [-0.05, 0) is 60.2 Å². The minimum atomic E-state index is -2.92. The number of ether oxygens (including phenoxy) is 1. The quantitative estimate of drug-likeness (QED) is 0.843. The van der Waals surface area contributed by atoms with Crippen LogP contribution in [-0.2, 0) is 12.8 Å². The van der Waals surface area contributed by atoms with E-state index in [1.807, 2.05) is 12.1 Å². The van der Waals surface area contributed by atoms with Gasteiger partial charge in [0.1, 0.15) is 5.75 Å². The van der Waals surface area contributed by atoms with Crippen LogP contribution >= 0.6 is 0 Å². The summed E-state index contributed by atoms with van der Waals surface area (Å²) in [6.45, 7) is -2.94. The average molecular weight is 347 g/mol. The van der Waals surface area contributed by atoms with Crippen molar-refractivity contribution in [2.75, 3.05) is 6.54 Å². The molecular formula is C19H19F2NO3. The fourth-order valence-corrected chi connectivity index (χ4v) is 3.02. The van der Waals surface area contributed by atoms with Gasteiger partial charge in [0, 0.05) is 12.1 Å². The van der Waals surface area contributed by atoms with E-state index in [4.69, 9.17) is 0 Å². The van der Waals surface area contributed by atoms with Gasteiger partial charge in [-0.1, -0.05) is 18.2 Å². The number of nitrogens with one attached hydrogen (secondary N) is 1. The van der Waals surface area contributed by atoms with Gasteiger partial charge in [-0.15, -0.1) is 0 Å². The number of aliphatic hydroxyl groups excluding tert-OH is 1. The largest absolute Gasteiger partial charge is 0.435 e. The lowest BCUT2D eigenvalue weighted by Crippen LogP contribution is -2.28. The van der Waals surface area contributed by atoms with Crippen LogP contribution in [0.3, 0.4) is 0 Å². The summed E-state index contributed by atoms with van der Waals surface area (Å²) in [5.74, 6) is -0.301. The zero-order valence-electron chi connectivity index (χ0n) is 13.5. The number of aryl methyl sites for hydroxylation is 2. The van der Waals surface area contributed by atoms with Gasteiger partial charge >= 0.3 is 6.61 Å². The Kier molecular flexibility index (Phi) is 5.28. The molecule has 3 rings (SSSR count). The first-order valence-electron chi connectivity index (χ1n) is 8.16. The number of amides is 1. The Hall–Kier alpha value is -2.47. The first kappa shape index (κ1) is 17.4. The lowest BCUT2D eigenvalue weighted by atomic mass is 10.1. The Balaban J connectivity index is 1.60. The van der Waals surface area contributed by atoms with Crippen LogP contribution in [0.4, 0.5) is 8.78 Å². The Morgan fingerprint density at radius 3 is 2.76 bits per heavy atom. The highest BCUT2D eigenvalue weighted by Gasteiger charge is 2.16. The molecule has 6 heteroatoms. The molecule has 1 amide bonds. The molecule has 0 aliphatic heterocycles. The van der Waals surface area contributed by atoms with E-state index in [0.29, 0.717) is 11.1 Å². The molecule has 0 fully saturated rings. The highest BCUT2D eigenvalue weighted by molar-refractivity contribution is 5.94. The van der Waals surface area contributed by atoms with Gasteiger partial charge < -0.3 is 15.2 Å². The number of carbonyl (C=O) groups excluding carboxylic acids is 1. The van der Waals surface area contributed by atoms with E-state index in [0.717, 1.165) is 19.3 Å². The minimum Gasteiger partial charge on any atom is -0.435 e. The average Bonchev–Trinajstić information content (AvgIpc) is 3.06. The minimum absolute atomic E-state index is 0.0198. The highest BCUT2D eigenvalue weighted by Crippen LogP contribution is 2.23. The molecule has 2 N–H and O–H groups in total. The first-order chi connectivity index (χ1) is 12.0. The van der Waals surface area contributed by atoms with Crippen molar-refractivity contribution in [2.45, 2.75) is 32.0 Å². The summed E-state index contributed by atoms with van der Waals surface area (Å²) in [4.78, 5) is 12.2. The SMILES string of the molecule is O=C(NCC(O)c1cccc(OC(F)F)c1)c1ccc2c(c1)CCC2. The van der Waals surface area contributed by atoms with Crippen molar-refractivity contribution < 1.29 is 23.4 Å². The lowest BCUT2D eigenvalue weighted by Gasteiger charge is -2.14. The zero-order valence-corrected chi connectivity index (χ0v) is 13.5. The summed E-state index contributed by atoms with van der Waals surface area (Å²) in [6, 6.07) is 11.5. The molecule has 0 saturated carbocycles. The molecule has 0 bridgehead atoms. The van der Waals surface area contributed by atoms with E-state index in [-0.39, 0.29) is 18.2 Å². The summed E-state index contributed by atoms with van der Waals surface area (Å²) in [7, 11) is 0. The Morgan fingerprint density at radius 2 is 1.96 bits per heavy atom. The third kappa shape index (κ3) is 4.33. The number of hydrogen-bond acceptors (Lipinski definition) is 3. The van der Waals surface area contributed by atoms with Crippen molar-refractivity contribution in [1.82, 2.24) is 5.32 Å². The summed E-state index contributed by atoms with van der Waals surface area (Å²) >= 11 is 0. The Labute approximate surface area is 144 Å². The fourth-order valence-electron chi connectivity index (χ4n) is 3.02. The molecule has 4 nitrogen and oxygen atoms in total. The van der Waals surface area contributed by atoms with Crippen LogP contribution in [0.15, 0.2) is 42.5 Å². The van der Waals surface area contributed by atoms with Crippen molar-refractivity contribution in [1.29, 1.82) is 0 Å². The van der Waals surface area contributed by atoms with Crippen molar-refractivity contribution in [3.63, 3.8) is 0 Å². The maximum atomic E-state index is 12.2. The molecule has 1 aliphatic rings. The molecule has 0 saturated heterocycles. The molecule has 0 aromatic heterocycles. The number of aliphatic hydroxyl groups is 1. The van der Waals surface area contributed by atoms with Crippen LogP contribution in [0.1, 0.15) is 39.6 Å². The Morgan fingerprint density at radius 1 is 1.16 bits per heavy atom. The lowest BCUT2D eigenvalue weighted by molar-refractivity contribution is -0.0499. The smallest absolute Gasteiger partial charge is 0.387 e. The second-order valence-corrected chi connectivity index (χ2v) is 6.01. The Bertz CT molecular complexity index is 764. The van der Waals surface area contributed by atoms with Gasteiger partial charge in [-0.25, -0.2) is 0 Å². The molecule has 0 heterocycles. The molecule has 2 aromatic carbocycles. The van der Waals surface area contributed by atoms with Gasteiger partial charge in [-0.2, -0.15) is 8.78 Å². The number of alkyl halides is 2. The number of halogens is 2. The molecule has 1 atom stereocenters. The topological polar surface area (TPSA) is 58.6 Å². The molecule has 25 heavy (non-hydrogen) atoms. The van der Waals surface area contributed by atoms with Gasteiger partial charge in [0.15, 0.2) is 0 Å². The zero-order chi connectivity index (χ0) is 17.8. The standard InChI is InChI=1S/C19H19F2NO3/c20-19(21)25-16-6-2-5-14(10-16)17(23)11-22-18(24)15-8-7-12-3-1-4-13(12)9-15/h2,5-10,17,19,23H,1,3-4,11H2,(H,22,24). The van der Waals surface area contributed by atoms with Crippen molar-refractivity contribution in [3.05, 3.63) is 64.7 Å². The maximum absolute atomic E-state index is 12.2. The van der Waals surface area contributed by atoms with Crippen molar-refractivity contribution in [2.24, 2.45) is 0 Å². The maximum Gasteiger partial charge on any atom is 0.387 e. The van der Waals surface area contributed by atoms with E-state index in [9.17, 15) is 18.7 Å². The number of carbonyl (C=O) groups is 1. The van der Waals surface area contributed by atoms with Crippen LogP contribution in [0.5, 0.6) is 5.75 Å². The molecule has 1 unspecified atom stereocenters. The van der Waals surface area contributed by atoms with Gasteiger partial charge in [0.25, 0.3) is 5.91 Å². The number of rotatable bonds is 6. The van der Waals surface area contributed by atoms with E-state index >= 15 is 0 Å². The second kappa shape index (κ2) is 7.61. The summed E-state index contributed by atoms with van der Waals surface area (Å²) in [5.41, 5.74) is 3.44. The van der Waals surface area contributed by atoms with E-state index in [2.05, 4.69) is 10.1 Å². The molecule has 2 aromatic rings. The predicted octanol–water partition coefficient (Wildman–Crippen LogP) is 3.24. The molecule has 132 valence electrons. The van der Waals surface area contributed by atoms with Crippen molar-refractivity contribution >= 4 is 5.91 Å². The monoisotopic (exact) mass is 347 g/mol. The van der Waals surface area contributed by atoms with Crippen LogP contribution in [0.25, 0.3) is 0 Å². The van der Waals surface area contributed by atoms with E-state index < -0.39 is 12.7 Å². The fraction of sp³-hybridized carbons (Fsp3) is 0.316. The first-order valence-corrected chi connectivity index (χ1v) is 8.16. The van der Waals surface area contributed by atoms with Gasteiger partial charge in [-0.3, -0.25) is 4.79 Å². The van der Waals surface area contributed by atoms with E-state index in [1.54, 1.807) is 12.1 Å². The number of fused-ring (bicyclic) bond motifs is 1. The van der Waals surface area contributed by atoms with Crippen LogP contribution in [0, 0.1) is 0 Å². The summed E-state index contributed by atoms with van der Waals surface area (Å²) in [5, 5.41) is 12.8. The van der Waals surface area contributed by atoms with Crippen LogP contribution < -0.4 is 10.1 Å². The van der Waals surface area contributed by atoms with E-state index in [1.165, 1.54) is 29.3 Å². The third-order valence-corrected chi connectivity index (χ3v) is 4.28. The molecule has 0 spiro atoms. The molecular weight excluding hydrogens is 328 g/mol. The predicted molar refractivity (Wildman–Crippen MR) is 88.8 cm³/mol. The van der Waals surface area contributed by atoms with Gasteiger partial charge in [0.2, 0.25) is 0 Å². The second-order valence-electron chi connectivity index (χ2n) is 6.01. The highest BCUT2D eigenvalue weighted by atomic mass is 19.3. The number of benzene rings is 2. The normalized spacial score (nSPS) is 14.2. The summed E-state index contributed by atoms with van der Waals surface area (Å²) in [6.07, 6.45) is 2.12. The molecule has 0 radical (unpaired) electrons. The number of hydrogen-bond donors (Lipinski definition) is 2. The van der Waals surface area contributed by atoms with Crippen molar-refractivity contribution in [3.8, 4) is 5.75 Å². The van der Waals surface area contributed by atoms with Crippen LogP contribution in [0.2, 0.25) is 0 Å². The van der Waals surface area contributed by atoms with Gasteiger partial charge in [0.05, 0.1) is 6.10 Å². The third-order valence-electron chi connectivity index (χ3n) is 4.28.